The Morgan fingerprint density at radius 3 is 2.33 bits per heavy atom. The van der Waals surface area contributed by atoms with Crippen LogP contribution in [0.25, 0.3) is 0 Å². The van der Waals surface area contributed by atoms with Gasteiger partial charge in [0.1, 0.15) is 5.75 Å². The molecule has 27 heavy (non-hydrogen) atoms. The van der Waals surface area contributed by atoms with E-state index in [1.165, 1.54) is 0 Å². The van der Waals surface area contributed by atoms with Gasteiger partial charge in [-0.15, -0.1) is 0 Å². The quantitative estimate of drug-likeness (QED) is 0.588. The molecule has 0 aliphatic heterocycles. The van der Waals surface area contributed by atoms with Crippen molar-refractivity contribution >= 4 is 11.9 Å². The van der Waals surface area contributed by atoms with Gasteiger partial charge >= 0.3 is 5.97 Å². The fraction of sp³-hybridized carbons (Fsp3) is 0.619. The number of rotatable bonds is 10. The Morgan fingerprint density at radius 2 is 1.85 bits per heavy atom. The van der Waals surface area contributed by atoms with Crippen LogP contribution in [0.2, 0.25) is 0 Å². The van der Waals surface area contributed by atoms with Gasteiger partial charge in [-0.2, -0.15) is 0 Å². The third-order valence-electron chi connectivity index (χ3n) is 5.17. The molecule has 0 saturated heterocycles. The second-order valence-electron chi connectivity index (χ2n) is 7.22. The van der Waals surface area contributed by atoms with Gasteiger partial charge in [0, 0.05) is 19.0 Å². The number of nitrogens with zero attached hydrogens (tertiary/aromatic N) is 2. The van der Waals surface area contributed by atoms with E-state index in [0.717, 1.165) is 30.6 Å². The first-order valence-electron chi connectivity index (χ1n) is 9.71. The van der Waals surface area contributed by atoms with Gasteiger partial charge in [-0.1, -0.05) is 18.6 Å². The maximum Gasteiger partial charge on any atom is 0.307 e. The average molecular weight is 376 g/mol. The molecular weight excluding hydrogens is 344 g/mol. The Balaban J connectivity index is 2.12. The number of benzene rings is 1. The molecule has 1 amide bonds. The summed E-state index contributed by atoms with van der Waals surface area (Å²) in [7, 11) is 5.66. The summed E-state index contributed by atoms with van der Waals surface area (Å²) in [4.78, 5) is 28.7. The molecular formula is C21H32N2O4. The Morgan fingerprint density at radius 1 is 1.19 bits per heavy atom. The smallest absolute Gasteiger partial charge is 0.307 e. The summed E-state index contributed by atoms with van der Waals surface area (Å²) in [6, 6.07) is 7.97. The zero-order valence-electron chi connectivity index (χ0n) is 16.9. The topological polar surface area (TPSA) is 59.1 Å². The first-order chi connectivity index (χ1) is 13.0. The van der Waals surface area contributed by atoms with Crippen LogP contribution in [0.1, 0.15) is 44.2 Å². The third kappa shape index (κ3) is 5.96. The highest BCUT2D eigenvalue weighted by atomic mass is 16.5. The molecule has 0 radical (unpaired) electrons. The van der Waals surface area contributed by atoms with Gasteiger partial charge in [-0.3, -0.25) is 9.59 Å². The summed E-state index contributed by atoms with van der Waals surface area (Å²) >= 11 is 0. The van der Waals surface area contributed by atoms with Crippen LogP contribution >= 0.6 is 0 Å². The Bertz CT molecular complexity index is 611. The van der Waals surface area contributed by atoms with E-state index >= 15 is 0 Å². The van der Waals surface area contributed by atoms with Gasteiger partial charge in [0.2, 0.25) is 5.91 Å². The lowest BCUT2D eigenvalue weighted by atomic mass is 9.84. The zero-order valence-corrected chi connectivity index (χ0v) is 16.9. The SMILES string of the molecule is CCOC(=O)CCN(CC(c1ccc(OC)cc1)N(C)C)C(=O)C1CCC1. The van der Waals surface area contributed by atoms with Crippen molar-refractivity contribution in [1.29, 1.82) is 0 Å². The Labute approximate surface area is 162 Å². The molecule has 6 nitrogen and oxygen atoms in total. The molecule has 1 saturated carbocycles. The molecule has 1 aliphatic rings. The normalized spacial score (nSPS) is 15.1. The number of esters is 1. The van der Waals surface area contributed by atoms with E-state index in [0.29, 0.717) is 19.7 Å². The van der Waals surface area contributed by atoms with Crippen LogP contribution in [0.4, 0.5) is 0 Å². The molecule has 1 fully saturated rings. The van der Waals surface area contributed by atoms with E-state index in [9.17, 15) is 9.59 Å². The minimum absolute atomic E-state index is 0.0436. The average Bonchev–Trinajstić information content (AvgIpc) is 2.60. The summed E-state index contributed by atoms with van der Waals surface area (Å²) in [5, 5.41) is 0. The lowest BCUT2D eigenvalue weighted by Crippen LogP contribution is -2.44. The molecule has 0 heterocycles. The first-order valence-corrected chi connectivity index (χ1v) is 9.71. The highest BCUT2D eigenvalue weighted by Crippen LogP contribution is 2.30. The lowest BCUT2D eigenvalue weighted by molar-refractivity contribution is -0.145. The molecule has 1 aromatic rings. The number of hydrogen-bond donors (Lipinski definition) is 0. The van der Waals surface area contributed by atoms with Crippen molar-refractivity contribution in [2.24, 2.45) is 5.92 Å². The summed E-state index contributed by atoms with van der Waals surface area (Å²) < 4.78 is 10.3. The monoisotopic (exact) mass is 376 g/mol. The van der Waals surface area contributed by atoms with Crippen molar-refractivity contribution in [2.75, 3.05) is 40.9 Å². The highest BCUT2D eigenvalue weighted by molar-refractivity contribution is 5.80. The summed E-state index contributed by atoms with van der Waals surface area (Å²) in [5.74, 6) is 0.813. The predicted molar refractivity (Wildman–Crippen MR) is 105 cm³/mol. The van der Waals surface area contributed by atoms with Crippen LogP contribution in [0.3, 0.4) is 0 Å². The fourth-order valence-electron chi connectivity index (χ4n) is 3.27. The van der Waals surface area contributed by atoms with E-state index in [2.05, 4.69) is 4.90 Å². The molecule has 2 rings (SSSR count). The van der Waals surface area contributed by atoms with Gasteiger partial charge in [-0.25, -0.2) is 0 Å². The number of likely N-dealkylation sites (N-methyl/N-ethyl adjacent to an activating group) is 1. The van der Waals surface area contributed by atoms with Crippen LogP contribution in [-0.4, -0.2) is 62.6 Å². The molecule has 0 bridgehead atoms. The highest BCUT2D eigenvalue weighted by Gasteiger charge is 2.31. The van der Waals surface area contributed by atoms with Crippen LogP contribution in [0.15, 0.2) is 24.3 Å². The van der Waals surface area contributed by atoms with E-state index in [1.807, 2.05) is 43.3 Å². The van der Waals surface area contributed by atoms with Gasteiger partial charge < -0.3 is 19.3 Å². The number of amides is 1. The van der Waals surface area contributed by atoms with Crippen molar-refractivity contribution in [3.8, 4) is 5.75 Å². The number of ether oxygens (including phenoxy) is 2. The molecule has 150 valence electrons. The molecule has 1 unspecified atom stereocenters. The molecule has 0 aromatic heterocycles. The summed E-state index contributed by atoms with van der Waals surface area (Å²) in [6.07, 6.45) is 3.24. The fourth-order valence-corrected chi connectivity index (χ4v) is 3.27. The maximum absolute atomic E-state index is 12.9. The standard InChI is InChI=1S/C21H32N2O4/c1-5-27-20(24)13-14-23(21(25)17-7-6-8-17)15-19(22(2)3)16-9-11-18(26-4)12-10-16/h9-12,17,19H,5-8,13-15H2,1-4H3. The van der Waals surface area contributed by atoms with Crippen LogP contribution in [0, 0.1) is 5.92 Å². The van der Waals surface area contributed by atoms with E-state index < -0.39 is 0 Å². The summed E-state index contributed by atoms with van der Waals surface area (Å²) in [6.45, 7) is 3.10. The van der Waals surface area contributed by atoms with Gasteiger partial charge in [0.15, 0.2) is 0 Å². The maximum atomic E-state index is 12.9. The molecule has 1 aliphatic carbocycles. The molecule has 0 N–H and O–H groups in total. The van der Waals surface area contributed by atoms with Crippen molar-refractivity contribution in [3.05, 3.63) is 29.8 Å². The van der Waals surface area contributed by atoms with E-state index in [4.69, 9.17) is 9.47 Å². The minimum Gasteiger partial charge on any atom is -0.497 e. The minimum atomic E-state index is -0.255. The Kier molecular flexibility index (Phi) is 8.10. The predicted octanol–water partition coefficient (Wildman–Crippen LogP) is 2.88. The molecule has 1 aromatic carbocycles. The van der Waals surface area contributed by atoms with Crippen LogP contribution in [0.5, 0.6) is 5.75 Å². The zero-order chi connectivity index (χ0) is 19.8. The Hall–Kier alpha value is -2.08. The lowest BCUT2D eigenvalue weighted by Gasteiger charge is -2.36. The van der Waals surface area contributed by atoms with E-state index in [-0.39, 0.29) is 30.3 Å². The van der Waals surface area contributed by atoms with Gasteiger partial charge in [-0.05, 0) is 51.6 Å². The molecule has 1 atom stereocenters. The van der Waals surface area contributed by atoms with E-state index in [1.54, 1.807) is 14.0 Å². The second-order valence-corrected chi connectivity index (χ2v) is 7.22. The van der Waals surface area contributed by atoms with Crippen molar-refractivity contribution in [1.82, 2.24) is 9.80 Å². The molecule has 0 spiro atoms. The van der Waals surface area contributed by atoms with Crippen LogP contribution < -0.4 is 4.74 Å². The van der Waals surface area contributed by atoms with Gasteiger partial charge in [0.05, 0.1) is 26.2 Å². The number of hydrogen-bond acceptors (Lipinski definition) is 5. The largest absolute Gasteiger partial charge is 0.497 e. The number of methoxy groups -OCH3 is 1. The van der Waals surface area contributed by atoms with Crippen molar-refractivity contribution in [2.45, 2.75) is 38.6 Å². The van der Waals surface area contributed by atoms with Crippen molar-refractivity contribution in [3.63, 3.8) is 0 Å². The van der Waals surface area contributed by atoms with Crippen LogP contribution in [-0.2, 0) is 14.3 Å². The molecule has 6 heteroatoms. The van der Waals surface area contributed by atoms with Gasteiger partial charge in [0.25, 0.3) is 0 Å². The number of carbonyl (C=O) groups is 2. The number of carbonyl (C=O) groups excluding carboxylic acids is 2. The van der Waals surface area contributed by atoms with Crippen molar-refractivity contribution < 1.29 is 19.1 Å². The first kappa shape index (κ1) is 21.2. The second kappa shape index (κ2) is 10.3. The third-order valence-corrected chi connectivity index (χ3v) is 5.17. The summed E-state index contributed by atoms with van der Waals surface area (Å²) in [5.41, 5.74) is 1.11.